The van der Waals surface area contributed by atoms with Gasteiger partial charge in [-0.1, -0.05) is 41.9 Å². The highest BCUT2D eigenvalue weighted by Gasteiger charge is 2.23. The molecule has 1 amide bonds. The SMILES string of the molecule is CCOC(=O)C(CNC(=O)c1cc([N+](=O)[O-])ccc1Cl)Cc1ccccc1. The van der Waals surface area contributed by atoms with Crippen LogP contribution in [0, 0.1) is 16.0 Å². The highest BCUT2D eigenvalue weighted by molar-refractivity contribution is 6.33. The summed E-state index contributed by atoms with van der Waals surface area (Å²) in [7, 11) is 0. The normalized spacial score (nSPS) is 11.5. The first kappa shape index (κ1) is 20.4. The van der Waals surface area contributed by atoms with Crippen LogP contribution in [0.2, 0.25) is 5.02 Å². The van der Waals surface area contributed by atoms with E-state index < -0.39 is 22.7 Å². The molecule has 2 rings (SSSR count). The fourth-order valence-electron chi connectivity index (χ4n) is 2.51. The van der Waals surface area contributed by atoms with Crippen LogP contribution in [0.3, 0.4) is 0 Å². The Hall–Kier alpha value is -2.93. The maximum atomic E-state index is 12.4. The molecule has 0 aromatic heterocycles. The Bertz CT molecular complexity index is 826. The number of nitrogens with one attached hydrogen (secondary N) is 1. The number of nitro groups is 1. The smallest absolute Gasteiger partial charge is 0.311 e. The first-order chi connectivity index (χ1) is 12.9. The van der Waals surface area contributed by atoms with Crippen LogP contribution in [0.25, 0.3) is 0 Å². The Kier molecular flexibility index (Phi) is 7.31. The van der Waals surface area contributed by atoms with E-state index >= 15 is 0 Å². The van der Waals surface area contributed by atoms with Gasteiger partial charge in [-0.2, -0.15) is 0 Å². The van der Waals surface area contributed by atoms with E-state index in [4.69, 9.17) is 16.3 Å². The van der Waals surface area contributed by atoms with Gasteiger partial charge in [-0.25, -0.2) is 0 Å². The average molecular weight is 391 g/mol. The summed E-state index contributed by atoms with van der Waals surface area (Å²) in [5, 5.41) is 13.6. The molecule has 2 aromatic rings. The molecule has 1 unspecified atom stereocenters. The molecule has 0 fully saturated rings. The lowest BCUT2D eigenvalue weighted by Crippen LogP contribution is -2.35. The van der Waals surface area contributed by atoms with Crippen LogP contribution >= 0.6 is 11.6 Å². The van der Waals surface area contributed by atoms with Crippen molar-refractivity contribution >= 4 is 29.2 Å². The van der Waals surface area contributed by atoms with Crippen molar-refractivity contribution in [3.8, 4) is 0 Å². The van der Waals surface area contributed by atoms with Crippen LogP contribution in [0.4, 0.5) is 5.69 Å². The van der Waals surface area contributed by atoms with Crippen molar-refractivity contribution in [3.05, 3.63) is 74.8 Å². The number of nitrogens with zero attached hydrogens (tertiary/aromatic N) is 1. The molecule has 142 valence electrons. The number of benzene rings is 2. The molecule has 0 aliphatic carbocycles. The highest BCUT2D eigenvalue weighted by Crippen LogP contribution is 2.22. The Labute approximate surface area is 161 Å². The molecule has 0 saturated carbocycles. The summed E-state index contributed by atoms with van der Waals surface area (Å²) in [6.45, 7) is 1.96. The number of rotatable bonds is 8. The second kappa shape index (κ2) is 9.68. The van der Waals surface area contributed by atoms with Gasteiger partial charge in [-0.3, -0.25) is 19.7 Å². The van der Waals surface area contributed by atoms with E-state index in [9.17, 15) is 19.7 Å². The number of non-ortho nitro benzene ring substituents is 1. The Morgan fingerprint density at radius 3 is 2.56 bits per heavy atom. The van der Waals surface area contributed by atoms with Crippen molar-refractivity contribution in [2.24, 2.45) is 5.92 Å². The minimum absolute atomic E-state index is 0.0194. The molecule has 0 radical (unpaired) electrons. The summed E-state index contributed by atoms with van der Waals surface area (Å²) in [6, 6.07) is 13.0. The third-order valence-corrected chi connectivity index (χ3v) is 4.19. The molecule has 8 heteroatoms. The molecule has 0 heterocycles. The van der Waals surface area contributed by atoms with Gasteiger partial charge in [0.25, 0.3) is 11.6 Å². The zero-order chi connectivity index (χ0) is 19.8. The van der Waals surface area contributed by atoms with E-state index in [1.165, 1.54) is 12.1 Å². The molecule has 0 bridgehead atoms. The lowest BCUT2D eigenvalue weighted by molar-refractivity contribution is -0.384. The lowest BCUT2D eigenvalue weighted by atomic mass is 9.99. The number of hydrogen-bond acceptors (Lipinski definition) is 5. The van der Waals surface area contributed by atoms with Crippen molar-refractivity contribution in [2.75, 3.05) is 13.2 Å². The van der Waals surface area contributed by atoms with E-state index in [2.05, 4.69) is 5.32 Å². The lowest BCUT2D eigenvalue weighted by Gasteiger charge is -2.16. The minimum Gasteiger partial charge on any atom is -0.466 e. The fourth-order valence-corrected chi connectivity index (χ4v) is 2.71. The van der Waals surface area contributed by atoms with Crippen LogP contribution in [0.5, 0.6) is 0 Å². The second-order valence-electron chi connectivity index (χ2n) is 5.77. The number of nitro benzene ring substituents is 1. The molecule has 1 N–H and O–H groups in total. The van der Waals surface area contributed by atoms with E-state index in [1.807, 2.05) is 30.3 Å². The van der Waals surface area contributed by atoms with Crippen molar-refractivity contribution in [2.45, 2.75) is 13.3 Å². The monoisotopic (exact) mass is 390 g/mol. The van der Waals surface area contributed by atoms with Gasteiger partial charge in [0.2, 0.25) is 0 Å². The minimum atomic E-state index is -0.607. The predicted octanol–water partition coefficient (Wildman–Crippen LogP) is 3.40. The van der Waals surface area contributed by atoms with Gasteiger partial charge in [0.15, 0.2) is 0 Å². The maximum Gasteiger partial charge on any atom is 0.311 e. The number of halogens is 1. The molecule has 2 aromatic carbocycles. The molecule has 0 aliphatic rings. The molecule has 0 aliphatic heterocycles. The first-order valence-electron chi connectivity index (χ1n) is 8.35. The third kappa shape index (κ3) is 5.79. The molecule has 1 atom stereocenters. The number of esters is 1. The zero-order valence-corrected chi connectivity index (χ0v) is 15.4. The van der Waals surface area contributed by atoms with Gasteiger partial charge >= 0.3 is 5.97 Å². The Morgan fingerprint density at radius 1 is 1.22 bits per heavy atom. The summed E-state index contributed by atoms with van der Waals surface area (Å²) in [6.07, 6.45) is 0.391. The van der Waals surface area contributed by atoms with Gasteiger partial charge in [0.1, 0.15) is 0 Å². The Balaban J connectivity index is 2.11. The summed E-state index contributed by atoms with van der Waals surface area (Å²) >= 11 is 5.98. The first-order valence-corrected chi connectivity index (χ1v) is 8.72. The zero-order valence-electron chi connectivity index (χ0n) is 14.7. The van der Waals surface area contributed by atoms with Crippen LogP contribution in [0.15, 0.2) is 48.5 Å². The fraction of sp³-hybridized carbons (Fsp3) is 0.263. The van der Waals surface area contributed by atoms with Gasteiger partial charge < -0.3 is 10.1 Å². The third-order valence-electron chi connectivity index (χ3n) is 3.86. The van der Waals surface area contributed by atoms with E-state index in [0.717, 1.165) is 11.6 Å². The van der Waals surface area contributed by atoms with Crippen LogP contribution in [-0.4, -0.2) is 30.0 Å². The highest BCUT2D eigenvalue weighted by atomic mass is 35.5. The van der Waals surface area contributed by atoms with E-state index in [1.54, 1.807) is 6.92 Å². The quantitative estimate of drug-likeness (QED) is 0.423. The average Bonchev–Trinajstić information content (AvgIpc) is 2.66. The summed E-state index contributed by atoms with van der Waals surface area (Å²) in [4.78, 5) is 34.9. The maximum absolute atomic E-state index is 12.4. The molecule has 27 heavy (non-hydrogen) atoms. The van der Waals surface area contributed by atoms with Crippen molar-refractivity contribution in [1.29, 1.82) is 0 Å². The number of carbonyl (C=O) groups excluding carboxylic acids is 2. The van der Waals surface area contributed by atoms with Gasteiger partial charge in [0.05, 0.1) is 28.0 Å². The van der Waals surface area contributed by atoms with Crippen molar-refractivity contribution in [3.63, 3.8) is 0 Å². The van der Waals surface area contributed by atoms with Crippen molar-refractivity contribution in [1.82, 2.24) is 5.32 Å². The van der Waals surface area contributed by atoms with Gasteiger partial charge in [-0.15, -0.1) is 0 Å². The number of carbonyl (C=O) groups is 2. The largest absolute Gasteiger partial charge is 0.466 e. The summed E-state index contributed by atoms with van der Waals surface area (Å²) in [5.41, 5.74) is 0.669. The number of hydrogen-bond donors (Lipinski definition) is 1. The number of ether oxygens (including phenoxy) is 1. The van der Waals surface area contributed by atoms with Gasteiger partial charge in [0, 0.05) is 18.7 Å². The van der Waals surface area contributed by atoms with E-state index in [0.29, 0.717) is 6.42 Å². The van der Waals surface area contributed by atoms with Crippen LogP contribution < -0.4 is 5.32 Å². The van der Waals surface area contributed by atoms with Crippen molar-refractivity contribution < 1.29 is 19.2 Å². The number of amides is 1. The molecular weight excluding hydrogens is 372 g/mol. The standard InChI is InChI=1S/C19H19ClN2O5/c1-2-27-19(24)14(10-13-6-4-3-5-7-13)12-21-18(23)16-11-15(22(25)26)8-9-17(16)20/h3-9,11,14H,2,10,12H2,1H3,(H,21,23). The molecular formula is C19H19ClN2O5. The predicted molar refractivity (Wildman–Crippen MR) is 101 cm³/mol. The van der Waals surface area contributed by atoms with E-state index in [-0.39, 0.29) is 29.4 Å². The molecule has 0 saturated heterocycles. The molecule has 7 nitrogen and oxygen atoms in total. The molecule has 0 spiro atoms. The van der Waals surface area contributed by atoms with Gasteiger partial charge in [-0.05, 0) is 25.0 Å². The Morgan fingerprint density at radius 2 is 1.93 bits per heavy atom. The van der Waals surface area contributed by atoms with Crippen LogP contribution in [0.1, 0.15) is 22.8 Å². The van der Waals surface area contributed by atoms with Crippen LogP contribution in [-0.2, 0) is 16.0 Å². The summed E-state index contributed by atoms with van der Waals surface area (Å²) in [5.74, 6) is -1.60. The topological polar surface area (TPSA) is 98.5 Å². The summed E-state index contributed by atoms with van der Waals surface area (Å²) < 4.78 is 5.08. The second-order valence-corrected chi connectivity index (χ2v) is 6.18.